The zero-order chi connectivity index (χ0) is 16.6. The standard InChI is InChI=1S/C17H27N3O3/c1-10-5-6-12-13(10)19-15(18-12)14(11-7-8-22-9-11)20-16(21)23-17(2,3)4/h10-11,14H,5-9H2,1-4H3,(H,18,19)(H,20,21). The highest BCUT2D eigenvalue weighted by Crippen LogP contribution is 2.34. The van der Waals surface area contributed by atoms with Gasteiger partial charge in [-0.05, 0) is 40.0 Å². The number of alkyl carbamates (subject to hydrolysis) is 1. The summed E-state index contributed by atoms with van der Waals surface area (Å²) in [6, 6.07) is -0.190. The van der Waals surface area contributed by atoms with Crippen LogP contribution in [-0.2, 0) is 15.9 Å². The minimum atomic E-state index is -0.514. The Morgan fingerprint density at radius 1 is 1.43 bits per heavy atom. The van der Waals surface area contributed by atoms with Crippen molar-refractivity contribution in [2.24, 2.45) is 5.92 Å². The minimum absolute atomic E-state index is 0.190. The van der Waals surface area contributed by atoms with E-state index in [9.17, 15) is 4.79 Å². The quantitative estimate of drug-likeness (QED) is 0.897. The predicted molar refractivity (Wildman–Crippen MR) is 86.4 cm³/mol. The van der Waals surface area contributed by atoms with Gasteiger partial charge in [-0.15, -0.1) is 0 Å². The van der Waals surface area contributed by atoms with E-state index in [-0.39, 0.29) is 12.0 Å². The van der Waals surface area contributed by atoms with Gasteiger partial charge in [0, 0.05) is 24.1 Å². The van der Waals surface area contributed by atoms with Gasteiger partial charge in [0.2, 0.25) is 0 Å². The van der Waals surface area contributed by atoms with E-state index >= 15 is 0 Å². The van der Waals surface area contributed by atoms with Gasteiger partial charge >= 0.3 is 6.09 Å². The molecule has 1 aromatic rings. The van der Waals surface area contributed by atoms with E-state index in [1.807, 2.05) is 20.8 Å². The number of carbonyl (C=O) groups excluding carboxylic acids is 1. The number of ether oxygens (including phenoxy) is 2. The number of aromatic amines is 1. The molecule has 1 aromatic heterocycles. The first-order valence-corrected chi connectivity index (χ1v) is 8.49. The Balaban J connectivity index is 1.78. The number of imidazole rings is 1. The summed E-state index contributed by atoms with van der Waals surface area (Å²) in [6.07, 6.45) is 2.69. The summed E-state index contributed by atoms with van der Waals surface area (Å²) in [7, 11) is 0. The van der Waals surface area contributed by atoms with E-state index in [4.69, 9.17) is 14.5 Å². The number of hydrogen-bond acceptors (Lipinski definition) is 4. The second-order valence-electron chi connectivity index (χ2n) is 7.67. The molecule has 1 saturated heterocycles. The van der Waals surface area contributed by atoms with Crippen molar-refractivity contribution >= 4 is 6.09 Å². The first-order chi connectivity index (χ1) is 10.8. The number of rotatable bonds is 3. The Bertz CT molecular complexity index is 570. The predicted octanol–water partition coefficient (Wildman–Crippen LogP) is 3.06. The molecule has 1 amide bonds. The van der Waals surface area contributed by atoms with Crippen molar-refractivity contribution in [3.63, 3.8) is 0 Å². The molecule has 6 nitrogen and oxygen atoms in total. The topological polar surface area (TPSA) is 76.2 Å². The Morgan fingerprint density at radius 2 is 2.22 bits per heavy atom. The summed E-state index contributed by atoms with van der Waals surface area (Å²) in [4.78, 5) is 20.4. The van der Waals surface area contributed by atoms with Gasteiger partial charge in [-0.2, -0.15) is 0 Å². The molecule has 3 atom stereocenters. The molecule has 2 N–H and O–H groups in total. The molecule has 0 spiro atoms. The molecule has 3 unspecified atom stereocenters. The average molecular weight is 321 g/mol. The third kappa shape index (κ3) is 3.68. The van der Waals surface area contributed by atoms with Crippen LogP contribution in [0.1, 0.15) is 69.7 Å². The number of amides is 1. The highest BCUT2D eigenvalue weighted by molar-refractivity contribution is 5.68. The largest absolute Gasteiger partial charge is 0.444 e. The number of fused-ring (bicyclic) bond motifs is 1. The molecule has 1 aliphatic carbocycles. The molecule has 0 aromatic carbocycles. The molecule has 6 heteroatoms. The van der Waals surface area contributed by atoms with Gasteiger partial charge in [-0.1, -0.05) is 6.92 Å². The highest BCUT2D eigenvalue weighted by atomic mass is 16.6. The van der Waals surface area contributed by atoms with Crippen LogP contribution in [0.4, 0.5) is 4.79 Å². The lowest BCUT2D eigenvalue weighted by atomic mass is 9.98. The van der Waals surface area contributed by atoms with Crippen LogP contribution in [0.5, 0.6) is 0 Å². The Morgan fingerprint density at radius 3 is 2.83 bits per heavy atom. The first-order valence-electron chi connectivity index (χ1n) is 8.49. The SMILES string of the molecule is CC1CCc2[nH]c(C(NC(=O)OC(C)(C)C)C3CCOC3)nc21. The number of aryl methyl sites for hydroxylation is 1. The van der Waals surface area contributed by atoms with Crippen molar-refractivity contribution < 1.29 is 14.3 Å². The summed E-state index contributed by atoms with van der Waals surface area (Å²) in [5, 5.41) is 3.00. The Kier molecular flexibility index (Phi) is 4.36. The van der Waals surface area contributed by atoms with Gasteiger partial charge in [-0.3, -0.25) is 0 Å². The molecule has 2 heterocycles. The van der Waals surface area contributed by atoms with Crippen LogP contribution >= 0.6 is 0 Å². The smallest absolute Gasteiger partial charge is 0.408 e. The van der Waals surface area contributed by atoms with Crippen molar-refractivity contribution in [2.45, 2.75) is 64.5 Å². The zero-order valence-corrected chi connectivity index (χ0v) is 14.4. The molecule has 1 fully saturated rings. The first kappa shape index (κ1) is 16.3. The fraction of sp³-hybridized carbons (Fsp3) is 0.765. The van der Waals surface area contributed by atoms with Gasteiger partial charge < -0.3 is 19.8 Å². The van der Waals surface area contributed by atoms with Gasteiger partial charge in [0.05, 0.1) is 18.3 Å². The van der Waals surface area contributed by atoms with Gasteiger partial charge in [0.25, 0.3) is 0 Å². The third-order valence-electron chi connectivity index (χ3n) is 4.53. The lowest BCUT2D eigenvalue weighted by Gasteiger charge is -2.25. The van der Waals surface area contributed by atoms with E-state index in [0.29, 0.717) is 12.5 Å². The van der Waals surface area contributed by atoms with Crippen LogP contribution in [0.25, 0.3) is 0 Å². The Labute approximate surface area is 137 Å². The van der Waals surface area contributed by atoms with Crippen LogP contribution < -0.4 is 5.32 Å². The number of H-pyrrole nitrogens is 1. The van der Waals surface area contributed by atoms with Crippen molar-refractivity contribution in [1.82, 2.24) is 15.3 Å². The summed E-state index contributed by atoms with van der Waals surface area (Å²) >= 11 is 0. The van der Waals surface area contributed by atoms with Crippen molar-refractivity contribution in [3.05, 3.63) is 17.2 Å². The summed E-state index contributed by atoms with van der Waals surface area (Å²) in [6.45, 7) is 9.16. The third-order valence-corrected chi connectivity index (χ3v) is 4.53. The summed E-state index contributed by atoms with van der Waals surface area (Å²) < 4.78 is 10.9. The maximum atomic E-state index is 12.2. The lowest BCUT2D eigenvalue weighted by Crippen LogP contribution is -2.38. The number of carbonyl (C=O) groups is 1. The highest BCUT2D eigenvalue weighted by Gasteiger charge is 2.34. The molecule has 0 saturated carbocycles. The lowest BCUT2D eigenvalue weighted by molar-refractivity contribution is 0.0477. The molecule has 0 bridgehead atoms. The maximum absolute atomic E-state index is 12.2. The number of hydrogen-bond donors (Lipinski definition) is 2. The summed E-state index contributed by atoms with van der Waals surface area (Å²) in [5.41, 5.74) is 1.84. The van der Waals surface area contributed by atoms with Crippen molar-refractivity contribution in [2.75, 3.05) is 13.2 Å². The molecular formula is C17H27N3O3. The fourth-order valence-corrected chi connectivity index (χ4v) is 3.35. The molecule has 0 radical (unpaired) electrons. The number of aromatic nitrogens is 2. The van der Waals surface area contributed by atoms with Crippen LogP contribution in [0.15, 0.2) is 0 Å². The van der Waals surface area contributed by atoms with Gasteiger partial charge in [-0.25, -0.2) is 9.78 Å². The van der Waals surface area contributed by atoms with Gasteiger partial charge in [0.1, 0.15) is 11.4 Å². The van der Waals surface area contributed by atoms with Crippen LogP contribution in [0.2, 0.25) is 0 Å². The second kappa shape index (κ2) is 6.15. The van der Waals surface area contributed by atoms with E-state index in [2.05, 4.69) is 17.2 Å². The molecule has 23 heavy (non-hydrogen) atoms. The fourth-order valence-electron chi connectivity index (χ4n) is 3.35. The monoisotopic (exact) mass is 321 g/mol. The van der Waals surface area contributed by atoms with Crippen LogP contribution in [0.3, 0.4) is 0 Å². The number of nitrogens with one attached hydrogen (secondary N) is 2. The minimum Gasteiger partial charge on any atom is -0.444 e. The Hall–Kier alpha value is -1.56. The normalized spacial score (nSPS) is 25.2. The number of nitrogens with zero attached hydrogens (tertiary/aromatic N) is 1. The van der Waals surface area contributed by atoms with Crippen LogP contribution in [-0.4, -0.2) is 34.9 Å². The van der Waals surface area contributed by atoms with E-state index in [1.165, 1.54) is 5.69 Å². The summed E-state index contributed by atoms with van der Waals surface area (Å²) in [5.74, 6) is 1.55. The van der Waals surface area contributed by atoms with E-state index in [0.717, 1.165) is 37.4 Å². The molecule has 3 rings (SSSR count). The second-order valence-corrected chi connectivity index (χ2v) is 7.67. The molecule has 1 aliphatic heterocycles. The van der Waals surface area contributed by atoms with Gasteiger partial charge in [0.15, 0.2) is 0 Å². The zero-order valence-electron chi connectivity index (χ0n) is 14.4. The molecule has 2 aliphatic rings. The van der Waals surface area contributed by atoms with Crippen molar-refractivity contribution in [3.8, 4) is 0 Å². The molecule has 128 valence electrons. The molecular weight excluding hydrogens is 294 g/mol. The van der Waals surface area contributed by atoms with E-state index < -0.39 is 11.7 Å². The van der Waals surface area contributed by atoms with Crippen molar-refractivity contribution in [1.29, 1.82) is 0 Å². The van der Waals surface area contributed by atoms with E-state index in [1.54, 1.807) is 0 Å². The maximum Gasteiger partial charge on any atom is 0.408 e. The van der Waals surface area contributed by atoms with Crippen LogP contribution in [0, 0.1) is 5.92 Å². The average Bonchev–Trinajstić information content (AvgIpc) is 3.13.